The second-order valence-electron chi connectivity index (χ2n) is 6.57. The fourth-order valence-electron chi connectivity index (χ4n) is 3.28. The number of pyridine rings is 1. The first kappa shape index (κ1) is 17.0. The molecule has 1 aliphatic heterocycles. The van der Waals surface area contributed by atoms with Gasteiger partial charge in [0.2, 0.25) is 0 Å². The molecule has 4 rings (SSSR count). The van der Waals surface area contributed by atoms with Gasteiger partial charge in [-0.2, -0.15) is 0 Å². The standard InChI is InChI=1S/C19H19ClN4O2/c1-11-10-26-7-5-16(11)22-19-15-9-21-6-4-13(15)18(23-24-19)14-3-2-12(20)8-17(14)25/h2-4,6,8-9,11,16,25H,5,7,10H2,1H3,(H,22,24)/t11-,16-/m0/s1. The number of nitrogens with one attached hydrogen (secondary N) is 1. The molecule has 0 aliphatic carbocycles. The largest absolute Gasteiger partial charge is 0.507 e. The third-order valence-electron chi connectivity index (χ3n) is 4.76. The highest BCUT2D eigenvalue weighted by molar-refractivity contribution is 6.30. The Hall–Kier alpha value is -2.44. The maximum absolute atomic E-state index is 10.3. The number of ether oxygens (including phenoxy) is 1. The minimum atomic E-state index is 0.0728. The molecule has 1 fully saturated rings. The van der Waals surface area contributed by atoms with Crippen LogP contribution in [0.5, 0.6) is 5.75 Å². The van der Waals surface area contributed by atoms with Gasteiger partial charge in [0.05, 0.1) is 6.61 Å². The average molecular weight is 371 g/mol. The number of anilines is 1. The van der Waals surface area contributed by atoms with Crippen LogP contribution in [0.2, 0.25) is 5.02 Å². The zero-order valence-corrected chi connectivity index (χ0v) is 15.1. The van der Waals surface area contributed by atoms with E-state index >= 15 is 0 Å². The van der Waals surface area contributed by atoms with E-state index in [2.05, 4.69) is 27.4 Å². The molecule has 0 unspecified atom stereocenters. The van der Waals surface area contributed by atoms with E-state index in [1.54, 1.807) is 24.5 Å². The van der Waals surface area contributed by atoms with Crippen LogP contribution >= 0.6 is 11.6 Å². The Morgan fingerprint density at radius 1 is 1.23 bits per heavy atom. The Labute approximate surface area is 156 Å². The van der Waals surface area contributed by atoms with Gasteiger partial charge < -0.3 is 15.2 Å². The lowest BCUT2D eigenvalue weighted by Gasteiger charge is -2.30. The Kier molecular flexibility index (Phi) is 4.61. The number of hydrogen-bond donors (Lipinski definition) is 2. The highest BCUT2D eigenvalue weighted by Crippen LogP contribution is 2.36. The van der Waals surface area contributed by atoms with Crippen LogP contribution in [-0.4, -0.2) is 39.5 Å². The number of hydrogen-bond acceptors (Lipinski definition) is 6. The zero-order valence-electron chi connectivity index (χ0n) is 14.3. The lowest BCUT2D eigenvalue weighted by molar-refractivity contribution is 0.0537. The van der Waals surface area contributed by atoms with Crippen molar-refractivity contribution >= 4 is 28.2 Å². The molecule has 0 bridgehead atoms. The zero-order chi connectivity index (χ0) is 18.1. The summed E-state index contributed by atoms with van der Waals surface area (Å²) in [6, 6.07) is 7.13. The van der Waals surface area contributed by atoms with Crippen molar-refractivity contribution in [3.05, 3.63) is 41.7 Å². The Bertz CT molecular complexity index is 950. The van der Waals surface area contributed by atoms with Crippen LogP contribution in [-0.2, 0) is 4.74 Å². The lowest BCUT2D eigenvalue weighted by Crippen LogP contribution is -2.36. The molecule has 0 saturated carbocycles. The summed E-state index contributed by atoms with van der Waals surface area (Å²) in [5.41, 5.74) is 1.19. The third kappa shape index (κ3) is 3.18. The van der Waals surface area contributed by atoms with Gasteiger partial charge in [-0.25, -0.2) is 0 Å². The number of rotatable bonds is 3. The van der Waals surface area contributed by atoms with Gasteiger partial charge in [-0.05, 0) is 36.6 Å². The van der Waals surface area contributed by atoms with Crippen LogP contribution < -0.4 is 5.32 Å². The molecule has 2 N–H and O–H groups in total. The lowest BCUT2D eigenvalue weighted by atomic mass is 9.97. The average Bonchev–Trinajstić information content (AvgIpc) is 2.64. The number of phenols is 1. The number of nitrogens with zero attached hydrogens (tertiary/aromatic N) is 3. The van der Waals surface area contributed by atoms with E-state index in [0.717, 1.165) is 30.4 Å². The molecule has 1 aliphatic rings. The van der Waals surface area contributed by atoms with Crippen LogP contribution in [0.15, 0.2) is 36.7 Å². The maximum atomic E-state index is 10.3. The smallest absolute Gasteiger partial charge is 0.158 e. The summed E-state index contributed by atoms with van der Waals surface area (Å²) in [4.78, 5) is 4.24. The molecule has 1 aromatic carbocycles. The van der Waals surface area contributed by atoms with Crippen LogP contribution in [0.25, 0.3) is 22.0 Å². The molecular formula is C19H19ClN4O2. The van der Waals surface area contributed by atoms with Crippen LogP contribution in [0.4, 0.5) is 5.82 Å². The van der Waals surface area contributed by atoms with E-state index in [1.165, 1.54) is 6.07 Å². The van der Waals surface area contributed by atoms with Gasteiger partial charge in [-0.1, -0.05) is 18.5 Å². The van der Waals surface area contributed by atoms with Crippen molar-refractivity contribution in [2.24, 2.45) is 5.92 Å². The first-order chi connectivity index (χ1) is 12.6. The van der Waals surface area contributed by atoms with Crippen LogP contribution in [0.3, 0.4) is 0 Å². The highest BCUT2D eigenvalue weighted by atomic mass is 35.5. The van der Waals surface area contributed by atoms with Crippen molar-refractivity contribution < 1.29 is 9.84 Å². The van der Waals surface area contributed by atoms with E-state index < -0.39 is 0 Å². The van der Waals surface area contributed by atoms with Gasteiger partial charge in [0.25, 0.3) is 0 Å². The van der Waals surface area contributed by atoms with Gasteiger partial charge in [0.1, 0.15) is 11.4 Å². The molecule has 0 radical (unpaired) electrons. The number of aromatic nitrogens is 3. The number of fused-ring (bicyclic) bond motifs is 1. The van der Waals surface area contributed by atoms with Gasteiger partial charge in [0.15, 0.2) is 5.82 Å². The molecule has 134 valence electrons. The van der Waals surface area contributed by atoms with Crippen molar-refractivity contribution in [1.29, 1.82) is 0 Å². The van der Waals surface area contributed by atoms with Crippen molar-refractivity contribution in [1.82, 2.24) is 15.2 Å². The minimum absolute atomic E-state index is 0.0728. The Balaban J connectivity index is 1.78. The molecule has 1 saturated heterocycles. The Morgan fingerprint density at radius 2 is 2.12 bits per heavy atom. The molecule has 0 spiro atoms. The topological polar surface area (TPSA) is 80.2 Å². The SMILES string of the molecule is C[C@H]1COCC[C@@H]1Nc1nnc(-c2ccc(Cl)cc2O)c2ccncc12. The van der Waals surface area contributed by atoms with E-state index in [4.69, 9.17) is 16.3 Å². The van der Waals surface area contributed by atoms with E-state index in [9.17, 15) is 5.11 Å². The van der Waals surface area contributed by atoms with Gasteiger partial charge >= 0.3 is 0 Å². The summed E-state index contributed by atoms with van der Waals surface area (Å²) in [5.74, 6) is 1.16. The maximum Gasteiger partial charge on any atom is 0.158 e. The summed E-state index contributed by atoms with van der Waals surface area (Å²) < 4.78 is 5.51. The van der Waals surface area contributed by atoms with Gasteiger partial charge in [-0.3, -0.25) is 4.98 Å². The van der Waals surface area contributed by atoms with Crippen LogP contribution in [0, 0.1) is 5.92 Å². The molecule has 6 nitrogen and oxygen atoms in total. The molecule has 0 amide bonds. The number of phenolic OH excluding ortho intramolecular Hbond substituents is 1. The quantitative estimate of drug-likeness (QED) is 0.728. The Morgan fingerprint density at radius 3 is 2.92 bits per heavy atom. The molecule has 26 heavy (non-hydrogen) atoms. The first-order valence-electron chi connectivity index (χ1n) is 8.57. The summed E-state index contributed by atoms with van der Waals surface area (Å²) in [6.07, 6.45) is 4.40. The first-order valence-corrected chi connectivity index (χ1v) is 8.95. The second kappa shape index (κ2) is 7.05. The van der Waals surface area contributed by atoms with Crippen molar-refractivity contribution in [2.45, 2.75) is 19.4 Å². The summed E-state index contributed by atoms with van der Waals surface area (Å²) in [5, 5.41) is 24.7. The van der Waals surface area contributed by atoms with Crippen molar-refractivity contribution in [3.63, 3.8) is 0 Å². The normalized spacial score (nSPS) is 20.2. The number of halogens is 1. The fourth-order valence-corrected chi connectivity index (χ4v) is 3.44. The molecule has 2 aromatic heterocycles. The predicted octanol–water partition coefficient (Wildman–Crippen LogP) is 3.89. The summed E-state index contributed by atoms with van der Waals surface area (Å²) in [7, 11) is 0. The monoisotopic (exact) mass is 370 g/mol. The minimum Gasteiger partial charge on any atom is -0.507 e. The van der Waals surface area contributed by atoms with E-state index in [0.29, 0.717) is 28.0 Å². The molecule has 3 aromatic rings. The van der Waals surface area contributed by atoms with Crippen molar-refractivity contribution in [3.8, 4) is 17.0 Å². The summed E-state index contributed by atoms with van der Waals surface area (Å²) in [6.45, 7) is 3.63. The predicted molar refractivity (Wildman–Crippen MR) is 101 cm³/mol. The van der Waals surface area contributed by atoms with Crippen molar-refractivity contribution in [2.75, 3.05) is 18.5 Å². The molecular weight excluding hydrogens is 352 g/mol. The van der Waals surface area contributed by atoms with E-state index in [1.807, 2.05) is 6.07 Å². The second-order valence-corrected chi connectivity index (χ2v) is 7.01. The number of benzene rings is 1. The van der Waals surface area contributed by atoms with Gasteiger partial charge in [0, 0.05) is 46.4 Å². The molecule has 7 heteroatoms. The van der Waals surface area contributed by atoms with Crippen LogP contribution in [0.1, 0.15) is 13.3 Å². The molecule has 3 heterocycles. The third-order valence-corrected chi connectivity index (χ3v) is 4.99. The fraction of sp³-hybridized carbons (Fsp3) is 0.316. The van der Waals surface area contributed by atoms with E-state index in [-0.39, 0.29) is 11.8 Å². The molecule has 2 atom stereocenters. The summed E-state index contributed by atoms with van der Waals surface area (Å²) >= 11 is 5.94. The highest BCUT2D eigenvalue weighted by Gasteiger charge is 2.23. The van der Waals surface area contributed by atoms with Gasteiger partial charge in [-0.15, -0.1) is 10.2 Å². The number of aromatic hydroxyl groups is 1.